The van der Waals surface area contributed by atoms with Gasteiger partial charge in [0.25, 0.3) is 5.91 Å². The Morgan fingerprint density at radius 3 is 2.42 bits per heavy atom. The predicted molar refractivity (Wildman–Crippen MR) is 67.6 cm³/mol. The molecule has 1 aliphatic rings. The van der Waals surface area contributed by atoms with Crippen molar-refractivity contribution in [3.63, 3.8) is 0 Å². The molecule has 4 nitrogen and oxygen atoms in total. The second-order valence-electron chi connectivity index (χ2n) is 4.92. The second-order valence-corrected chi connectivity index (χ2v) is 4.92. The highest BCUT2D eigenvalue weighted by Crippen LogP contribution is 2.22. The van der Waals surface area contributed by atoms with Gasteiger partial charge in [0.1, 0.15) is 11.9 Å². The lowest BCUT2D eigenvalue weighted by atomic mass is 10.1. The molecule has 1 amide bonds. The summed E-state index contributed by atoms with van der Waals surface area (Å²) < 4.78 is 13.5. The quantitative estimate of drug-likeness (QED) is 0.891. The van der Waals surface area contributed by atoms with Gasteiger partial charge >= 0.3 is 5.97 Å². The largest absolute Gasteiger partial charge is 0.480 e. The van der Waals surface area contributed by atoms with Crippen LogP contribution < -0.4 is 0 Å². The smallest absolute Gasteiger partial charge is 0.326 e. The fourth-order valence-electron chi connectivity index (χ4n) is 2.50. The summed E-state index contributed by atoms with van der Waals surface area (Å²) in [4.78, 5) is 24.8. The molecule has 1 aromatic carbocycles. The Balaban J connectivity index is 2.32. The van der Waals surface area contributed by atoms with E-state index in [1.165, 1.54) is 17.0 Å². The molecule has 0 spiro atoms. The molecule has 1 heterocycles. The molecule has 1 aliphatic heterocycles. The van der Waals surface area contributed by atoms with E-state index in [1.54, 1.807) is 13.8 Å². The summed E-state index contributed by atoms with van der Waals surface area (Å²) in [5.41, 5.74) is 1.15. The van der Waals surface area contributed by atoms with E-state index in [0.29, 0.717) is 36.1 Å². The number of nitrogens with zero attached hydrogens (tertiary/aromatic N) is 1. The number of carbonyl (C=O) groups is 2. The van der Waals surface area contributed by atoms with E-state index in [0.717, 1.165) is 0 Å². The molecule has 0 bridgehead atoms. The minimum atomic E-state index is -0.985. The molecule has 2 rings (SSSR count). The van der Waals surface area contributed by atoms with Crippen molar-refractivity contribution in [3.8, 4) is 0 Å². The maximum Gasteiger partial charge on any atom is 0.326 e. The van der Waals surface area contributed by atoms with E-state index < -0.39 is 12.0 Å². The minimum Gasteiger partial charge on any atom is -0.480 e. The summed E-state index contributed by atoms with van der Waals surface area (Å²) in [6, 6.07) is 2.18. The van der Waals surface area contributed by atoms with E-state index in [-0.39, 0.29) is 11.7 Å². The number of halogens is 1. The first kappa shape index (κ1) is 13.5. The van der Waals surface area contributed by atoms with Gasteiger partial charge in [0.2, 0.25) is 0 Å². The topological polar surface area (TPSA) is 57.6 Å². The number of carbonyl (C=O) groups excluding carboxylic acids is 1. The first-order chi connectivity index (χ1) is 8.91. The molecule has 102 valence electrons. The highest BCUT2D eigenvalue weighted by Gasteiger charge is 2.34. The molecular weight excluding hydrogens is 249 g/mol. The van der Waals surface area contributed by atoms with Crippen LogP contribution in [-0.2, 0) is 4.79 Å². The van der Waals surface area contributed by atoms with Crippen LogP contribution in [0.3, 0.4) is 0 Å². The molecule has 0 aromatic heterocycles. The summed E-state index contributed by atoms with van der Waals surface area (Å²) in [7, 11) is 0. The van der Waals surface area contributed by atoms with Crippen LogP contribution in [0, 0.1) is 19.7 Å². The summed E-state index contributed by atoms with van der Waals surface area (Å²) in [6.45, 7) is 3.63. The van der Waals surface area contributed by atoms with Crippen molar-refractivity contribution in [1.29, 1.82) is 0 Å². The minimum absolute atomic E-state index is 0.326. The molecule has 0 radical (unpaired) electrons. The van der Waals surface area contributed by atoms with Gasteiger partial charge in [-0.2, -0.15) is 0 Å². The number of aliphatic carboxylic acids is 1. The van der Waals surface area contributed by atoms with Crippen molar-refractivity contribution in [2.45, 2.75) is 32.7 Å². The van der Waals surface area contributed by atoms with Gasteiger partial charge in [-0.1, -0.05) is 0 Å². The maximum absolute atomic E-state index is 13.5. The van der Waals surface area contributed by atoms with Crippen LogP contribution in [0.2, 0.25) is 0 Å². The lowest BCUT2D eigenvalue weighted by Crippen LogP contribution is -2.40. The average molecular weight is 265 g/mol. The third-order valence-corrected chi connectivity index (χ3v) is 3.48. The van der Waals surface area contributed by atoms with Crippen LogP contribution in [0.1, 0.15) is 34.3 Å². The molecule has 0 aliphatic carbocycles. The third kappa shape index (κ3) is 2.45. The van der Waals surface area contributed by atoms with Crippen molar-refractivity contribution < 1.29 is 19.1 Å². The Labute approximate surface area is 110 Å². The predicted octanol–water partition coefficient (Wildman–Crippen LogP) is 2.13. The van der Waals surface area contributed by atoms with Crippen LogP contribution in [0.15, 0.2) is 12.1 Å². The zero-order valence-corrected chi connectivity index (χ0v) is 10.9. The highest BCUT2D eigenvalue weighted by atomic mass is 19.1. The van der Waals surface area contributed by atoms with E-state index in [4.69, 9.17) is 5.11 Å². The number of rotatable bonds is 2. The summed E-state index contributed by atoms with van der Waals surface area (Å²) in [5, 5.41) is 9.08. The zero-order valence-electron chi connectivity index (χ0n) is 10.9. The van der Waals surface area contributed by atoms with E-state index in [2.05, 4.69) is 0 Å². The normalized spacial score (nSPS) is 18.7. The molecule has 0 unspecified atom stereocenters. The molecule has 1 atom stereocenters. The summed E-state index contributed by atoms with van der Waals surface area (Å²) in [5.74, 6) is -1.65. The van der Waals surface area contributed by atoms with Gasteiger partial charge in [0.15, 0.2) is 0 Å². The molecule has 1 aromatic rings. The van der Waals surface area contributed by atoms with Crippen molar-refractivity contribution >= 4 is 11.9 Å². The number of aryl methyl sites for hydroxylation is 2. The number of hydrogen-bond acceptors (Lipinski definition) is 2. The molecule has 1 fully saturated rings. The zero-order chi connectivity index (χ0) is 14.2. The first-order valence-electron chi connectivity index (χ1n) is 6.22. The lowest BCUT2D eigenvalue weighted by molar-refractivity contribution is -0.141. The second kappa shape index (κ2) is 4.99. The molecular formula is C14H16FNO3. The monoisotopic (exact) mass is 265 g/mol. The van der Waals surface area contributed by atoms with E-state index >= 15 is 0 Å². The lowest BCUT2D eigenvalue weighted by Gasteiger charge is -2.22. The summed E-state index contributed by atoms with van der Waals surface area (Å²) >= 11 is 0. The first-order valence-corrected chi connectivity index (χ1v) is 6.22. The van der Waals surface area contributed by atoms with Crippen LogP contribution >= 0.6 is 0 Å². The van der Waals surface area contributed by atoms with Gasteiger partial charge in [0, 0.05) is 12.1 Å². The number of benzene rings is 1. The van der Waals surface area contributed by atoms with Gasteiger partial charge < -0.3 is 10.0 Å². The number of hydrogen-bond donors (Lipinski definition) is 1. The molecule has 19 heavy (non-hydrogen) atoms. The number of amides is 1. The Morgan fingerprint density at radius 2 is 1.89 bits per heavy atom. The molecule has 0 saturated carbocycles. The number of carboxylic acids is 1. The number of carboxylic acid groups (broad SMARTS) is 1. The maximum atomic E-state index is 13.5. The summed E-state index contributed by atoms with van der Waals surface area (Å²) in [6.07, 6.45) is 1.15. The van der Waals surface area contributed by atoms with E-state index in [9.17, 15) is 14.0 Å². The Bertz CT molecular complexity index is 518. The third-order valence-electron chi connectivity index (χ3n) is 3.48. The van der Waals surface area contributed by atoms with Gasteiger partial charge in [-0.05, 0) is 49.9 Å². The fourth-order valence-corrected chi connectivity index (χ4v) is 2.50. The van der Waals surface area contributed by atoms with Crippen LogP contribution in [0.4, 0.5) is 4.39 Å². The van der Waals surface area contributed by atoms with Crippen molar-refractivity contribution in [3.05, 3.63) is 34.6 Å². The fraction of sp³-hybridized carbons (Fsp3) is 0.429. The van der Waals surface area contributed by atoms with Crippen molar-refractivity contribution in [2.24, 2.45) is 0 Å². The van der Waals surface area contributed by atoms with Gasteiger partial charge in [-0.25, -0.2) is 9.18 Å². The Kier molecular flexibility index (Phi) is 3.55. The molecule has 5 heteroatoms. The van der Waals surface area contributed by atoms with E-state index in [1.807, 2.05) is 0 Å². The van der Waals surface area contributed by atoms with Crippen LogP contribution in [0.25, 0.3) is 0 Å². The Morgan fingerprint density at radius 1 is 1.32 bits per heavy atom. The van der Waals surface area contributed by atoms with Gasteiger partial charge in [-0.15, -0.1) is 0 Å². The van der Waals surface area contributed by atoms with Gasteiger partial charge in [0.05, 0.1) is 0 Å². The van der Waals surface area contributed by atoms with Crippen LogP contribution in [0.5, 0.6) is 0 Å². The number of likely N-dealkylation sites (tertiary alicyclic amines) is 1. The highest BCUT2D eigenvalue weighted by molar-refractivity contribution is 5.97. The molecule has 1 N–H and O–H groups in total. The van der Waals surface area contributed by atoms with Crippen molar-refractivity contribution in [1.82, 2.24) is 4.90 Å². The van der Waals surface area contributed by atoms with Crippen molar-refractivity contribution in [2.75, 3.05) is 6.54 Å². The van der Waals surface area contributed by atoms with Gasteiger partial charge in [-0.3, -0.25) is 4.79 Å². The SMILES string of the molecule is Cc1cc(C(=O)N2CCC[C@@H]2C(=O)O)cc(C)c1F. The standard InChI is InChI=1S/C14H16FNO3/c1-8-6-10(7-9(2)12(8)15)13(17)16-5-3-4-11(16)14(18)19/h6-7,11H,3-5H2,1-2H3,(H,18,19)/t11-/m1/s1. The molecule has 1 saturated heterocycles. The Hall–Kier alpha value is -1.91. The average Bonchev–Trinajstić information content (AvgIpc) is 2.83. The van der Waals surface area contributed by atoms with Crippen LogP contribution in [-0.4, -0.2) is 34.5 Å².